The van der Waals surface area contributed by atoms with Crippen molar-refractivity contribution in [2.24, 2.45) is 0 Å². The lowest BCUT2D eigenvalue weighted by atomic mass is 10.0. The second kappa shape index (κ2) is 6.10. The molecular formula is C17H17NO. The number of hydrogen-bond donors (Lipinski definition) is 0. The van der Waals surface area contributed by atoms with E-state index in [4.69, 9.17) is 0 Å². The number of nitrogens with zero attached hydrogens (tertiary/aromatic N) is 1. The van der Waals surface area contributed by atoms with Crippen molar-refractivity contribution in [2.75, 3.05) is 0 Å². The highest BCUT2D eigenvalue weighted by Crippen LogP contribution is 2.15. The number of aromatic nitrogens is 1. The summed E-state index contributed by atoms with van der Waals surface area (Å²) >= 11 is 0. The molecule has 0 aliphatic rings. The fraction of sp³-hybridized carbons (Fsp3) is 0.176. The first-order valence-corrected chi connectivity index (χ1v) is 6.39. The molecule has 1 aromatic carbocycles. The van der Waals surface area contributed by atoms with E-state index >= 15 is 0 Å². The summed E-state index contributed by atoms with van der Waals surface area (Å²) in [5.74, 6) is 0.503. The Bertz CT molecular complexity index is 568. The van der Waals surface area contributed by atoms with Crippen LogP contribution in [0.4, 0.5) is 0 Å². The van der Waals surface area contributed by atoms with Gasteiger partial charge in [-0.25, -0.2) is 0 Å². The summed E-state index contributed by atoms with van der Waals surface area (Å²) in [5.41, 5.74) is 2.94. The van der Waals surface area contributed by atoms with Gasteiger partial charge >= 0.3 is 0 Å². The van der Waals surface area contributed by atoms with Crippen LogP contribution in [-0.4, -0.2) is 10.8 Å². The first-order valence-electron chi connectivity index (χ1n) is 6.39. The first kappa shape index (κ1) is 13.2. The molecule has 0 spiro atoms. The number of carbonyl (C=O) groups is 1. The van der Waals surface area contributed by atoms with Gasteiger partial charge in [-0.3, -0.25) is 9.78 Å². The van der Waals surface area contributed by atoms with Gasteiger partial charge in [0.15, 0.2) is 5.78 Å². The molecule has 0 saturated carbocycles. The lowest BCUT2D eigenvalue weighted by Crippen LogP contribution is -1.95. The maximum absolute atomic E-state index is 12.0. The van der Waals surface area contributed by atoms with Gasteiger partial charge in [-0.05, 0) is 35.3 Å². The molecule has 0 aliphatic carbocycles. The van der Waals surface area contributed by atoms with Crippen molar-refractivity contribution in [2.45, 2.75) is 19.8 Å². The fourth-order valence-electron chi connectivity index (χ4n) is 1.77. The Morgan fingerprint density at radius 3 is 2.26 bits per heavy atom. The molecule has 2 aromatic rings. The van der Waals surface area contributed by atoms with Crippen molar-refractivity contribution in [3.8, 4) is 0 Å². The van der Waals surface area contributed by atoms with Crippen LogP contribution in [0.5, 0.6) is 0 Å². The Balaban J connectivity index is 2.10. The van der Waals surface area contributed by atoms with Gasteiger partial charge in [-0.15, -0.1) is 0 Å². The molecule has 0 saturated heterocycles. The Labute approximate surface area is 113 Å². The van der Waals surface area contributed by atoms with Gasteiger partial charge in [-0.2, -0.15) is 0 Å². The molecule has 0 unspecified atom stereocenters. The highest BCUT2D eigenvalue weighted by Gasteiger charge is 2.03. The molecule has 1 heterocycles. The molecule has 0 radical (unpaired) electrons. The largest absolute Gasteiger partial charge is 0.289 e. The Morgan fingerprint density at radius 2 is 1.68 bits per heavy atom. The van der Waals surface area contributed by atoms with Crippen LogP contribution >= 0.6 is 0 Å². The van der Waals surface area contributed by atoms with E-state index in [1.54, 1.807) is 24.5 Å². The number of allylic oxidation sites excluding steroid dienone is 1. The zero-order chi connectivity index (χ0) is 13.7. The van der Waals surface area contributed by atoms with Gasteiger partial charge in [0.25, 0.3) is 0 Å². The van der Waals surface area contributed by atoms with Crippen LogP contribution in [-0.2, 0) is 0 Å². The normalized spacial score (nSPS) is 11.1. The SMILES string of the molecule is CC(C)c1ccc(C(=O)/C=C/c2ccncc2)cc1. The van der Waals surface area contributed by atoms with Crippen molar-refractivity contribution < 1.29 is 4.79 Å². The molecular weight excluding hydrogens is 234 g/mol. The van der Waals surface area contributed by atoms with Crippen LogP contribution in [0.3, 0.4) is 0 Å². The number of rotatable bonds is 4. The van der Waals surface area contributed by atoms with Crippen LogP contribution in [0.25, 0.3) is 6.08 Å². The molecule has 96 valence electrons. The average molecular weight is 251 g/mol. The van der Waals surface area contributed by atoms with E-state index in [-0.39, 0.29) is 5.78 Å². The van der Waals surface area contributed by atoms with Crippen LogP contribution in [0.2, 0.25) is 0 Å². The summed E-state index contributed by atoms with van der Waals surface area (Å²) in [6.07, 6.45) is 6.82. The minimum Gasteiger partial charge on any atom is -0.289 e. The molecule has 0 aliphatic heterocycles. The summed E-state index contributed by atoms with van der Waals surface area (Å²) in [6, 6.07) is 11.5. The summed E-state index contributed by atoms with van der Waals surface area (Å²) in [6.45, 7) is 4.28. The predicted molar refractivity (Wildman–Crippen MR) is 78.1 cm³/mol. The van der Waals surface area contributed by atoms with Crippen molar-refractivity contribution >= 4 is 11.9 Å². The lowest BCUT2D eigenvalue weighted by Gasteiger charge is -2.05. The molecule has 2 rings (SSSR count). The number of carbonyl (C=O) groups excluding carboxylic acids is 1. The van der Waals surface area contributed by atoms with Gasteiger partial charge in [0.1, 0.15) is 0 Å². The van der Waals surface area contributed by atoms with Crippen LogP contribution in [0.1, 0.15) is 41.3 Å². The molecule has 0 bridgehead atoms. The zero-order valence-electron chi connectivity index (χ0n) is 11.2. The third kappa shape index (κ3) is 3.62. The first-order chi connectivity index (χ1) is 9.16. The van der Waals surface area contributed by atoms with Gasteiger partial charge < -0.3 is 0 Å². The number of pyridine rings is 1. The fourth-order valence-corrected chi connectivity index (χ4v) is 1.77. The van der Waals surface area contributed by atoms with Gasteiger partial charge in [0, 0.05) is 18.0 Å². The molecule has 1 aromatic heterocycles. The third-order valence-electron chi connectivity index (χ3n) is 3.00. The average Bonchev–Trinajstić information content (AvgIpc) is 2.46. The Morgan fingerprint density at radius 1 is 1.05 bits per heavy atom. The molecule has 2 heteroatoms. The van der Waals surface area contributed by atoms with Crippen LogP contribution in [0, 0.1) is 0 Å². The number of ketones is 1. The smallest absolute Gasteiger partial charge is 0.185 e. The predicted octanol–water partition coefficient (Wildman–Crippen LogP) is 4.10. The van der Waals surface area contributed by atoms with Crippen molar-refractivity contribution in [1.82, 2.24) is 4.98 Å². The van der Waals surface area contributed by atoms with Crippen molar-refractivity contribution in [3.63, 3.8) is 0 Å². The van der Waals surface area contributed by atoms with E-state index in [9.17, 15) is 4.79 Å². The standard InChI is InChI=1S/C17H17NO/c1-13(2)15-4-6-16(7-5-15)17(19)8-3-14-9-11-18-12-10-14/h3-13H,1-2H3/b8-3+. The van der Waals surface area contributed by atoms with Crippen LogP contribution in [0.15, 0.2) is 54.9 Å². The van der Waals surface area contributed by atoms with E-state index in [2.05, 4.69) is 18.8 Å². The second-order valence-electron chi connectivity index (χ2n) is 4.75. The lowest BCUT2D eigenvalue weighted by molar-refractivity contribution is 0.104. The summed E-state index contributed by atoms with van der Waals surface area (Å²) in [4.78, 5) is 15.9. The molecule has 2 nitrogen and oxygen atoms in total. The van der Waals surface area contributed by atoms with Gasteiger partial charge in [0.2, 0.25) is 0 Å². The topological polar surface area (TPSA) is 30.0 Å². The van der Waals surface area contributed by atoms with Crippen LogP contribution < -0.4 is 0 Å². The van der Waals surface area contributed by atoms with E-state index in [0.29, 0.717) is 5.92 Å². The minimum atomic E-state index is 0.0205. The van der Waals surface area contributed by atoms with Crippen molar-refractivity contribution in [1.29, 1.82) is 0 Å². The zero-order valence-corrected chi connectivity index (χ0v) is 11.2. The minimum absolute atomic E-state index is 0.0205. The third-order valence-corrected chi connectivity index (χ3v) is 3.00. The van der Waals surface area contributed by atoms with Gasteiger partial charge in [0.05, 0.1) is 0 Å². The van der Waals surface area contributed by atoms with E-state index in [0.717, 1.165) is 11.1 Å². The van der Waals surface area contributed by atoms with E-state index < -0.39 is 0 Å². The highest BCUT2D eigenvalue weighted by molar-refractivity contribution is 6.06. The molecule has 0 amide bonds. The van der Waals surface area contributed by atoms with E-state index in [1.807, 2.05) is 36.4 Å². The monoisotopic (exact) mass is 251 g/mol. The summed E-state index contributed by atoms with van der Waals surface area (Å²) < 4.78 is 0. The quantitative estimate of drug-likeness (QED) is 0.605. The van der Waals surface area contributed by atoms with E-state index in [1.165, 1.54) is 5.56 Å². The Kier molecular flexibility index (Phi) is 4.24. The summed E-state index contributed by atoms with van der Waals surface area (Å²) in [5, 5.41) is 0. The maximum Gasteiger partial charge on any atom is 0.185 e. The van der Waals surface area contributed by atoms with Gasteiger partial charge in [-0.1, -0.05) is 44.2 Å². The van der Waals surface area contributed by atoms with Crippen molar-refractivity contribution in [3.05, 3.63) is 71.6 Å². The Hall–Kier alpha value is -2.22. The highest BCUT2D eigenvalue weighted by atomic mass is 16.1. The second-order valence-corrected chi connectivity index (χ2v) is 4.75. The number of hydrogen-bond acceptors (Lipinski definition) is 2. The molecule has 0 atom stereocenters. The molecule has 0 N–H and O–H groups in total. The maximum atomic E-state index is 12.0. The summed E-state index contributed by atoms with van der Waals surface area (Å²) in [7, 11) is 0. The molecule has 19 heavy (non-hydrogen) atoms. The number of benzene rings is 1. The molecule has 0 fully saturated rings.